The maximum atomic E-state index is 8.66. The lowest BCUT2D eigenvalue weighted by Crippen LogP contribution is -2.07. The molecule has 1 heteroatoms. The Balaban J connectivity index is 3.36. The predicted molar refractivity (Wildman–Crippen MR) is 63.4 cm³/mol. The SMILES string of the molecule is CCCCC(C)C(C)CCCCCO. The molecule has 0 spiro atoms. The fourth-order valence-electron chi connectivity index (χ4n) is 1.85. The lowest BCUT2D eigenvalue weighted by molar-refractivity contribution is 0.275. The fraction of sp³-hybridized carbons (Fsp3) is 1.00. The van der Waals surface area contributed by atoms with Crippen molar-refractivity contribution in [2.75, 3.05) is 6.61 Å². The highest BCUT2D eigenvalue weighted by Gasteiger charge is 2.10. The standard InChI is InChI=1S/C13H28O/c1-4-5-9-12(2)13(3)10-7-6-8-11-14/h12-14H,4-11H2,1-3H3. The Kier molecular flexibility index (Phi) is 9.49. The molecular weight excluding hydrogens is 172 g/mol. The number of rotatable bonds is 9. The van der Waals surface area contributed by atoms with Gasteiger partial charge in [0.15, 0.2) is 0 Å². The average molecular weight is 200 g/mol. The maximum absolute atomic E-state index is 8.66. The molecule has 2 atom stereocenters. The Morgan fingerprint density at radius 2 is 1.43 bits per heavy atom. The molecular formula is C13H28O. The Bertz CT molecular complexity index is 112. The highest BCUT2D eigenvalue weighted by molar-refractivity contribution is 4.62. The second-order valence-electron chi connectivity index (χ2n) is 4.67. The van der Waals surface area contributed by atoms with E-state index in [1.807, 2.05) is 0 Å². The van der Waals surface area contributed by atoms with Crippen molar-refractivity contribution in [3.8, 4) is 0 Å². The molecule has 0 fully saturated rings. The summed E-state index contributed by atoms with van der Waals surface area (Å²) in [5.41, 5.74) is 0. The Morgan fingerprint density at radius 3 is 1.93 bits per heavy atom. The molecule has 0 aromatic rings. The summed E-state index contributed by atoms with van der Waals surface area (Å²) in [6.45, 7) is 7.38. The third-order valence-electron chi connectivity index (χ3n) is 3.30. The van der Waals surface area contributed by atoms with Crippen LogP contribution in [0.25, 0.3) is 0 Å². The third kappa shape index (κ3) is 7.37. The van der Waals surface area contributed by atoms with Crippen LogP contribution in [0.4, 0.5) is 0 Å². The molecule has 2 unspecified atom stereocenters. The Labute approximate surface area is 89.9 Å². The highest BCUT2D eigenvalue weighted by atomic mass is 16.2. The number of aliphatic hydroxyl groups is 1. The van der Waals surface area contributed by atoms with Crippen molar-refractivity contribution in [1.29, 1.82) is 0 Å². The zero-order valence-corrected chi connectivity index (χ0v) is 10.3. The minimum atomic E-state index is 0.361. The fourth-order valence-corrected chi connectivity index (χ4v) is 1.85. The summed E-state index contributed by atoms with van der Waals surface area (Å²) in [4.78, 5) is 0. The molecule has 86 valence electrons. The molecule has 0 bridgehead atoms. The van der Waals surface area contributed by atoms with Crippen molar-refractivity contribution in [3.05, 3.63) is 0 Å². The molecule has 0 amide bonds. The van der Waals surface area contributed by atoms with Gasteiger partial charge in [-0.2, -0.15) is 0 Å². The van der Waals surface area contributed by atoms with Gasteiger partial charge in [0, 0.05) is 6.61 Å². The first-order valence-corrected chi connectivity index (χ1v) is 6.33. The molecule has 0 radical (unpaired) electrons. The quantitative estimate of drug-likeness (QED) is 0.558. The molecule has 0 rings (SSSR count). The molecule has 1 nitrogen and oxygen atoms in total. The normalized spacial score (nSPS) is 15.4. The molecule has 0 saturated heterocycles. The van der Waals surface area contributed by atoms with E-state index in [1.54, 1.807) is 0 Å². The van der Waals surface area contributed by atoms with Crippen molar-refractivity contribution < 1.29 is 5.11 Å². The van der Waals surface area contributed by atoms with Crippen LogP contribution >= 0.6 is 0 Å². The van der Waals surface area contributed by atoms with Crippen LogP contribution in [0.5, 0.6) is 0 Å². The molecule has 14 heavy (non-hydrogen) atoms. The van der Waals surface area contributed by atoms with Crippen LogP contribution in [0.3, 0.4) is 0 Å². The van der Waals surface area contributed by atoms with E-state index in [-0.39, 0.29) is 0 Å². The molecule has 0 aliphatic heterocycles. The van der Waals surface area contributed by atoms with E-state index in [9.17, 15) is 0 Å². The van der Waals surface area contributed by atoms with Gasteiger partial charge in [-0.05, 0) is 18.3 Å². The van der Waals surface area contributed by atoms with Gasteiger partial charge in [0.25, 0.3) is 0 Å². The van der Waals surface area contributed by atoms with Gasteiger partial charge in [0.1, 0.15) is 0 Å². The minimum Gasteiger partial charge on any atom is -0.396 e. The zero-order valence-electron chi connectivity index (χ0n) is 10.3. The van der Waals surface area contributed by atoms with E-state index in [4.69, 9.17) is 5.11 Å². The third-order valence-corrected chi connectivity index (χ3v) is 3.30. The predicted octanol–water partition coefficient (Wildman–Crippen LogP) is 4.00. The number of unbranched alkanes of at least 4 members (excludes halogenated alkanes) is 3. The second-order valence-corrected chi connectivity index (χ2v) is 4.67. The van der Waals surface area contributed by atoms with Crippen molar-refractivity contribution in [2.24, 2.45) is 11.8 Å². The van der Waals surface area contributed by atoms with Gasteiger partial charge < -0.3 is 5.11 Å². The molecule has 0 aromatic heterocycles. The average Bonchev–Trinajstić information content (AvgIpc) is 2.20. The summed E-state index contributed by atoms with van der Waals surface area (Å²) in [5, 5.41) is 8.66. The van der Waals surface area contributed by atoms with E-state index in [0.29, 0.717) is 6.61 Å². The van der Waals surface area contributed by atoms with Crippen LogP contribution in [0.15, 0.2) is 0 Å². The van der Waals surface area contributed by atoms with Crippen molar-refractivity contribution in [3.63, 3.8) is 0 Å². The van der Waals surface area contributed by atoms with Crippen molar-refractivity contribution >= 4 is 0 Å². The van der Waals surface area contributed by atoms with Gasteiger partial charge >= 0.3 is 0 Å². The smallest absolute Gasteiger partial charge is 0.0431 e. The number of hydrogen-bond donors (Lipinski definition) is 1. The van der Waals surface area contributed by atoms with Gasteiger partial charge in [-0.3, -0.25) is 0 Å². The highest BCUT2D eigenvalue weighted by Crippen LogP contribution is 2.22. The Hall–Kier alpha value is -0.0400. The molecule has 0 saturated carbocycles. The number of hydrogen-bond acceptors (Lipinski definition) is 1. The first-order valence-electron chi connectivity index (χ1n) is 6.33. The summed E-state index contributed by atoms with van der Waals surface area (Å²) in [6.07, 6.45) is 8.89. The summed E-state index contributed by atoms with van der Waals surface area (Å²) in [6, 6.07) is 0. The van der Waals surface area contributed by atoms with E-state index in [0.717, 1.165) is 18.3 Å². The van der Waals surface area contributed by atoms with Crippen LogP contribution in [-0.2, 0) is 0 Å². The van der Waals surface area contributed by atoms with Crippen LogP contribution in [0.2, 0.25) is 0 Å². The summed E-state index contributed by atoms with van der Waals surface area (Å²) in [5.74, 6) is 1.74. The lowest BCUT2D eigenvalue weighted by atomic mass is 9.87. The second kappa shape index (κ2) is 9.51. The van der Waals surface area contributed by atoms with Gasteiger partial charge in [-0.1, -0.05) is 59.3 Å². The van der Waals surface area contributed by atoms with Gasteiger partial charge in [0.05, 0.1) is 0 Å². The van der Waals surface area contributed by atoms with Crippen LogP contribution in [-0.4, -0.2) is 11.7 Å². The van der Waals surface area contributed by atoms with Crippen LogP contribution in [0.1, 0.15) is 65.7 Å². The minimum absolute atomic E-state index is 0.361. The lowest BCUT2D eigenvalue weighted by Gasteiger charge is -2.19. The topological polar surface area (TPSA) is 20.2 Å². The van der Waals surface area contributed by atoms with Crippen LogP contribution in [0, 0.1) is 11.8 Å². The maximum Gasteiger partial charge on any atom is 0.0431 e. The molecule has 0 aliphatic carbocycles. The largest absolute Gasteiger partial charge is 0.396 e. The van der Waals surface area contributed by atoms with Crippen molar-refractivity contribution in [2.45, 2.75) is 65.7 Å². The Morgan fingerprint density at radius 1 is 0.857 bits per heavy atom. The van der Waals surface area contributed by atoms with E-state index < -0.39 is 0 Å². The first-order chi connectivity index (χ1) is 6.72. The van der Waals surface area contributed by atoms with E-state index >= 15 is 0 Å². The van der Waals surface area contributed by atoms with Gasteiger partial charge in [-0.15, -0.1) is 0 Å². The van der Waals surface area contributed by atoms with E-state index in [2.05, 4.69) is 20.8 Å². The summed E-state index contributed by atoms with van der Waals surface area (Å²) < 4.78 is 0. The van der Waals surface area contributed by atoms with Gasteiger partial charge in [-0.25, -0.2) is 0 Å². The summed E-state index contributed by atoms with van der Waals surface area (Å²) in [7, 11) is 0. The molecule has 0 aromatic carbocycles. The molecule has 0 heterocycles. The number of aliphatic hydroxyl groups excluding tert-OH is 1. The van der Waals surface area contributed by atoms with Crippen molar-refractivity contribution in [1.82, 2.24) is 0 Å². The zero-order chi connectivity index (χ0) is 10.8. The first kappa shape index (κ1) is 14.0. The monoisotopic (exact) mass is 200 g/mol. The van der Waals surface area contributed by atoms with Crippen LogP contribution < -0.4 is 0 Å². The van der Waals surface area contributed by atoms with Gasteiger partial charge in [0.2, 0.25) is 0 Å². The molecule has 0 aliphatic rings. The summed E-state index contributed by atoms with van der Waals surface area (Å²) >= 11 is 0. The van der Waals surface area contributed by atoms with E-state index in [1.165, 1.54) is 38.5 Å². The molecule has 1 N–H and O–H groups in total.